The summed E-state index contributed by atoms with van der Waals surface area (Å²) in [4.78, 5) is 12.7. The van der Waals surface area contributed by atoms with Crippen molar-refractivity contribution in [3.8, 4) is 11.5 Å². The lowest BCUT2D eigenvalue weighted by molar-refractivity contribution is 0.0194. The third kappa shape index (κ3) is 5.61. The monoisotopic (exact) mass is 438 g/mol. The Balaban J connectivity index is 1.09. The van der Waals surface area contributed by atoms with Gasteiger partial charge < -0.3 is 23.7 Å². The van der Waals surface area contributed by atoms with Crippen molar-refractivity contribution in [3.63, 3.8) is 0 Å². The highest BCUT2D eigenvalue weighted by atomic mass is 16.6. The van der Waals surface area contributed by atoms with Crippen molar-refractivity contribution in [1.29, 1.82) is 0 Å². The number of carbonyl (C=O) groups excluding carboxylic acids is 1. The van der Waals surface area contributed by atoms with E-state index in [9.17, 15) is 4.79 Å². The lowest BCUT2D eigenvalue weighted by atomic mass is 9.82. The molecule has 1 aliphatic carbocycles. The average molecular weight is 439 g/mol. The van der Waals surface area contributed by atoms with Crippen LogP contribution in [0.2, 0.25) is 0 Å². The second-order valence-corrected chi connectivity index (χ2v) is 8.96. The number of aryl methyl sites for hydroxylation is 1. The first kappa shape index (κ1) is 21.3. The number of rotatable bonds is 9. The van der Waals surface area contributed by atoms with Crippen LogP contribution in [-0.2, 0) is 14.2 Å². The fourth-order valence-corrected chi connectivity index (χ4v) is 4.23. The summed E-state index contributed by atoms with van der Waals surface area (Å²) in [5.74, 6) is 1.90. The van der Waals surface area contributed by atoms with Gasteiger partial charge in [0.2, 0.25) is 0 Å². The molecule has 2 unspecified atom stereocenters. The molecule has 32 heavy (non-hydrogen) atoms. The summed E-state index contributed by atoms with van der Waals surface area (Å²) in [7, 11) is 0. The lowest BCUT2D eigenvalue weighted by Gasteiger charge is -2.29. The van der Waals surface area contributed by atoms with Gasteiger partial charge >= 0.3 is 5.97 Å². The third-order valence-corrected chi connectivity index (χ3v) is 6.39. The normalized spacial score (nSPS) is 26.3. The predicted octanol–water partition coefficient (Wildman–Crippen LogP) is 4.43. The standard InChI is InChI=1S/C26H30O6/c1-17-12-22(29-14-24-16-31-24)10-11-25(17)26(27)32-21-8-4-19(5-9-21)18-2-6-20(7-3-18)28-13-23-15-30-23/h2-3,6-7,10-12,19,21,23-24H,4-5,8-9,13-16H2,1H3. The summed E-state index contributed by atoms with van der Waals surface area (Å²) in [5.41, 5.74) is 2.80. The van der Waals surface area contributed by atoms with Gasteiger partial charge in [0.15, 0.2) is 0 Å². The second-order valence-electron chi connectivity index (χ2n) is 8.96. The number of hydrogen-bond acceptors (Lipinski definition) is 6. The first-order valence-electron chi connectivity index (χ1n) is 11.5. The Hall–Kier alpha value is -2.57. The maximum atomic E-state index is 12.7. The first-order chi connectivity index (χ1) is 15.6. The maximum absolute atomic E-state index is 12.7. The van der Waals surface area contributed by atoms with Gasteiger partial charge in [0, 0.05) is 0 Å². The van der Waals surface area contributed by atoms with Crippen LogP contribution in [0.25, 0.3) is 0 Å². The minimum absolute atomic E-state index is 0.0257. The molecule has 0 N–H and O–H groups in total. The van der Waals surface area contributed by atoms with E-state index < -0.39 is 0 Å². The molecule has 3 fully saturated rings. The van der Waals surface area contributed by atoms with Crippen molar-refractivity contribution >= 4 is 5.97 Å². The Bertz CT molecular complexity index is 924. The topological polar surface area (TPSA) is 69.8 Å². The Labute approximate surface area is 188 Å². The molecule has 5 rings (SSSR count). The van der Waals surface area contributed by atoms with Gasteiger partial charge in [-0.1, -0.05) is 12.1 Å². The molecule has 0 aromatic heterocycles. The third-order valence-electron chi connectivity index (χ3n) is 6.39. The molecule has 0 amide bonds. The number of ether oxygens (including phenoxy) is 5. The van der Waals surface area contributed by atoms with Gasteiger partial charge in [0.25, 0.3) is 0 Å². The summed E-state index contributed by atoms with van der Waals surface area (Å²) < 4.78 is 27.6. The molecule has 2 aromatic carbocycles. The zero-order valence-electron chi connectivity index (χ0n) is 18.5. The van der Waals surface area contributed by atoms with Gasteiger partial charge in [-0.15, -0.1) is 0 Å². The Morgan fingerprint density at radius 3 is 2.06 bits per heavy atom. The smallest absolute Gasteiger partial charge is 0.338 e. The van der Waals surface area contributed by atoms with Crippen LogP contribution in [-0.4, -0.2) is 50.7 Å². The highest BCUT2D eigenvalue weighted by Gasteiger charge is 2.27. The summed E-state index contributed by atoms with van der Waals surface area (Å²) in [6, 6.07) is 13.9. The van der Waals surface area contributed by atoms with Crippen LogP contribution in [0.1, 0.15) is 53.1 Å². The summed E-state index contributed by atoms with van der Waals surface area (Å²) in [6.45, 7) is 4.67. The molecule has 0 spiro atoms. The minimum Gasteiger partial charge on any atom is -0.491 e. The van der Waals surface area contributed by atoms with Crippen LogP contribution in [0.5, 0.6) is 11.5 Å². The van der Waals surface area contributed by atoms with Crippen LogP contribution in [0.3, 0.4) is 0 Å². The SMILES string of the molecule is Cc1cc(OCC2CO2)ccc1C(=O)OC1CCC(c2ccc(OCC3CO3)cc2)CC1. The molecule has 2 aromatic rings. The molecular weight excluding hydrogens is 408 g/mol. The van der Waals surface area contributed by atoms with Crippen LogP contribution >= 0.6 is 0 Å². The molecule has 2 saturated heterocycles. The van der Waals surface area contributed by atoms with E-state index in [-0.39, 0.29) is 24.3 Å². The average Bonchev–Trinajstić information content (AvgIpc) is 3.72. The van der Waals surface area contributed by atoms with Crippen molar-refractivity contribution in [3.05, 3.63) is 59.2 Å². The number of epoxide rings is 2. The molecule has 6 heteroatoms. The molecule has 0 radical (unpaired) electrons. The van der Waals surface area contributed by atoms with Crippen LogP contribution < -0.4 is 9.47 Å². The molecule has 3 aliphatic rings. The largest absolute Gasteiger partial charge is 0.491 e. The van der Waals surface area contributed by atoms with E-state index in [1.165, 1.54) is 5.56 Å². The van der Waals surface area contributed by atoms with E-state index in [1.807, 2.05) is 31.2 Å². The Morgan fingerprint density at radius 1 is 0.875 bits per heavy atom. The molecule has 2 heterocycles. The zero-order chi connectivity index (χ0) is 21.9. The number of hydrogen-bond donors (Lipinski definition) is 0. The molecule has 1 saturated carbocycles. The molecular formula is C26H30O6. The van der Waals surface area contributed by atoms with Gasteiger partial charge in [-0.3, -0.25) is 0 Å². The van der Waals surface area contributed by atoms with Crippen molar-refractivity contribution < 1.29 is 28.5 Å². The molecule has 0 bridgehead atoms. The Morgan fingerprint density at radius 2 is 1.47 bits per heavy atom. The van der Waals surface area contributed by atoms with Crippen molar-refractivity contribution in [2.75, 3.05) is 26.4 Å². The van der Waals surface area contributed by atoms with Crippen LogP contribution in [0.15, 0.2) is 42.5 Å². The number of esters is 1. The van der Waals surface area contributed by atoms with Crippen molar-refractivity contribution in [2.45, 2.75) is 56.8 Å². The van der Waals surface area contributed by atoms with Gasteiger partial charge in [-0.2, -0.15) is 0 Å². The first-order valence-corrected chi connectivity index (χ1v) is 11.5. The highest BCUT2D eigenvalue weighted by molar-refractivity contribution is 5.91. The molecule has 170 valence electrons. The molecule has 6 nitrogen and oxygen atoms in total. The summed E-state index contributed by atoms with van der Waals surface area (Å²) >= 11 is 0. The lowest BCUT2D eigenvalue weighted by Crippen LogP contribution is -2.24. The predicted molar refractivity (Wildman–Crippen MR) is 119 cm³/mol. The highest BCUT2D eigenvalue weighted by Crippen LogP contribution is 2.35. The number of carbonyl (C=O) groups is 1. The number of benzene rings is 2. The van der Waals surface area contributed by atoms with Crippen LogP contribution in [0.4, 0.5) is 0 Å². The van der Waals surface area contributed by atoms with Gasteiger partial charge in [-0.25, -0.2) is 4.79 Å². The van der Waals surface area contributed by atoms with Crippen molar-refractivity contribution in [1.82, 2.24) is 0 Å². The van der Waals surface area contributed by atoms with E-state index in [0.29, 0.717) is 24.7 Å². The van der Waals surface area contributed by atoms with Gasteiger partial charge in [0.05, 0.1) is 18.8 Å². The molecule has 2 aliphatic heterocycles. The van der Waals surface area contributed by atoms with Crippen LogP contribution in [0, 0.1) is 6.92 Å². The van der Waals surface area contributed by atoms with E-state index in [2.05, 4.69) is 12.1 Å². The second kappa shape index (κ2) is 9.51. The van der Waals surface area contributed by atoms with E-state index >= 15 is 0 Å². The summed E-state index contributed by atoms with van der Waals surface area (Å²) in [6.07, 6.45) is 4.26. The summed E-state index contributed by atoms with van der Waals surface area (Å²) in [5, 5.41) is 0. The van der Waals surface area contributed by atoms with E-state index in [0.717, 1.165) is 56.0 Å². The van der Waals surface area contributed by atoms with E-state index in [1.54, 1.807) is 6.07 Å². The zero-order valence-corrected chi connectivity index (χ0v) is 18.5. The quantitative estimate of drug-likeness (QED) is 0.426. The Kier molecular flexibility index (Phi) is 6.32. The molecule has 2 atom stereocenters. The van der Waals surface area contributed by atoms with Crippen molar-refractivity contribution in [2.24, 2.45) is 0 Å². The van der Waals surface area contributed by atoms with Gasteiger partial charge in [-0.05, 0) is 80.0 Å². The minimum atomic E-state index is -0.246. The fraction of sp³-hybridized carbons (Fsp3) is 0.500. The maximum Gasteiger partial charge on any atom is 0.338 e. The van der Waals surface area contributed by atoms with E-state index in [4.69, 9.17) is 23.7 Å². The fourth-order valence-electron chi connectivity index (χ4n) is 4.23. The van der Waals surface area contributed by atoms with Gasteiger partial charge in [0.1, 0.15) is 43.0 Å².